The number of pyridine rings is 1. The fraction of sp³-hybridized carbons (Fsp3) is 0.643. The van der Waals surface area contributed by atoms with Crippen LogP contribution < -0.4 is 5.32 Å². The highest BCUT2D eigenvalue weighted by Gasteiger charge is 2.35. The minimum Gasteiger partial charge on any atom is -0.377 e. The molecular formula is C14H23N3O3S. The summed E-state index contributed by atoms with van der Waals surface area (Å²) in [5.41, 5.74) is 0. The molecule has 0 bridgehead atoms. The number of hydrogen-bond acceptors (Lipinski definition) is 5. The van der Waals surface area contributed by atoms with E-state index >= 15 is 0 Å². The lowest BCUT2D eigenvalue weighted by Crippen LogP contribution is -2.40. The molecular weight excluding hydrogens is 290 g/mol. The van der Waals surface area contributed by atoms with Gasteiger partial charge in [0, 0.05) is 26.4 Å². The summed E-state index contributed by atoms with van der Waals surface area (Å²) < 4.78 is 32.1. The molecule has 1 aromatic heterocycles. The van der Waals surface area contributed by atoms with Crippen LogP contribution in [0.25, 0.3) is 0 Å². The van der Waals surface area contributed by atoms with Gasteiger partial charge in [-0.1, -0.05) is 6.92 Å². The van der Waals surface area contributed by atoms with Crippen LogP contribution in [-0.4, -0.2) is 50.1 Å². The summed E-state index contributed by atoms with van der Waals surface area (Å²) in [6, 6.07) is 3.18. The molecule has 2 rings (SSSR count). The summed E-state index contributed by atoms with van der Waals surface area (Å²) in [6.45, 7) is 5.38. The lowest BCUT2D eigenvalue weighted by atomic mass is 10.2. The molecule has 2 unspecified atom stereocenters. The number of ether oxygens (including phenoxy) is 1. The Morgan fingerprint density at radius 3 is 2.76 bits per heavy atom. The minimum absolute atomic E-state index is 0.0803. The van der Waals surface area contributed by atoms with Gasteiger partial charge >= 0.3 is 0 Å². The van der Waals surface area contributed by atoms with Gasteiger partial charge in [0.05, 0.1) is 12.1 Å². The van der Waals surface area contributed by atoms with E-state index in [1.165, 1.54) is 10.5 Å². The standard InChI is InChI=1S/C14H23N3O3S/c1-4-8-15-14-6-5-12(10-16-14)21(18,19)17(3)13-7-9-20-11(13)2/h5-6,10-11,13H,4,7-9H2,1-3H3,(H,15,16). The molecule has 0 aromatic carbocycles. The number of sulfonamides is 1. The zero-order chi connectivity index (χ0) is 15.5. The van der Waals surface area contributed by atoms with E-state index in [0.717, 1.165) is 19.4 Å². The average molecular weight is 313 g/mol. The van der Waals surface area contributed by atoms with E-state index in [4.69, 9.17) is 4.74 Å². The van der Waals surface area contributed by atoms with Crippen molar-refractivity contribution in [1.82, 2.24) is 9.29 Å². The molecule has 0 aliphatic carbocycles. The van der Waals surface area contributed by atoms with Crippen molar-refractivity contribution in [2.75, 3.05) is 25.5 Å². The molecule has 1 saturated heterocycles. The monoisotopic (exact) mass is 313 g/mol. The van der Waals surface area contributed by atoms with Crippen molar-refractivity contribution in [2.45, 2.75) is 43.7 Å². The van der Waals surface area contributed by atoms with Crippen molar-refractivity contribution < 1.29 is 13.2 Å². The number of anilines is 1. The summed E-state index contributed by atoms with van der Waals surface area (Å²) in [4.78, 5) is 4.38. The van der Waals surface area contributed by atoms with Crippen LogP contribution in [0.5, 0.6) is 0 Å². The molecule has 0 amide bonds. The van der Waals surface area contributed by atoms with E-state index < -0.39 is 10.0 Å². The second-order valence-corrected chi connectivity index (χ2v) is 7.26. The largest absolute Gasteiger partial charge is 0.377 e. The van der Waals surface area contributed by atoms with Crippen LogP contribution in [-0.2, 0) is 14.8 Å². The van der Waals surface area contributed by atoms with Crippen LogP contribution in [0.1, 0.15) is 26.7 Å². The first kappa shape index (κ1) is 16.2. The Balaban J connectivity index is 2.15. The summed E-state index contributed by atoms with van der Waals surface area (Å²) >= 11 is 0. The quantitative estimate of drug-likeness (QED) is 0.865. The lowest BCUT2D eigenvalue weighted by molar-refractivity contribution is 0.102. The van der Waals surface area contributed by atoms with Crippen LogP contribution >= 0.6 is 0 Å². The van der Waals surface area contributed by atoms with Crippen LogP contribution in [0, 0.1) is 0 Å². The zero-order valence-electron chi connectivity index (χ0n) is 12.7. The van der Waals surface area contributed by atoms with E-state index in [-0.39, 0.29) is 17.0 Å². The molecule has 0 saturated carbocycles. The SMILES string of the molecule is CCCNc1ccc(S(=O)(=O)N(C)C2CCOC2C)cn1. The molecule has 6 nitrogen and oxygen atoms in total. The van der Waals surface area contributed by atoms with E-state index in [2.05, 4.69) is 17.2 Å². The third-order valence-electron chi connectivity index (χ3n) is 3.77. The molecule has 118 valence electrons. The molecule has 1 aromatic rings. The van der Waals surface area contributed by atoms with Gasteiger partial charge in [0.25, 0.3) is 0 Å². The molecule has 0 spiro atoms. The third kappa shape index (κ3) is 3.53. The van der Waals surface area contributed by atoms with Gasteiger partial charge < -0.3 is 10.1 Å². The average Bonchev–Trinajstić information content (AvgIpc) is 2.90. The normalized spacial score (nSPS) is 22.7. The highest BCUT2D eigenvalue weighted by Crippen LogP contribution is 2.24. The number of nitrogens with zero attached hydrogens (tertiary/aromatic N) is 2. The molecule has 2 heterocycles. The summed E-state index contributed by atoms with van der Waals surface area (Å²) in [5.74, 6) is 0.691. The van der Waals surface area contributed by atoms with Gasteiger partial charge in [-0.3, -0.25) is 0 Å². The van der Waals surface area contributed by atoms with Crippen molar-refractivity contribution >= 4 is 15.8 Å². The summed E-state index contributed by atoms with van der Waals surface area (Å²) in [5, 5.41) is 3.12. The lowest BCUT2D eigenvalue weighted by Gasteiger charge is -2.25. The van der Waals surface area contributed by atoms with Gasteiger partial charge in [0.2, 0.25) is 10.0 Å². The Morgan fingerprint density at radius 1 is 1.48 bits per heavy atom. The van der Waals surface area contributed by atoms with E-state index in [1.807, 2.05) is 6.92 Å². The number of rotatable bonds is 6. The van der Waals surface area contributed by atoms with Crippen LogP contribution in [0.15, 0.2) is 23.2 Å². The number of hydrogen-bond donors (Lipinski definition) is 1. The van der Waals surface area contributed by atoms with E-state index in [1.54, 1.807) is 19.2 Å². The topological polar surface area (TPSA) is 71.5 Å². The molecule has 1 N–H and O–H groups in total. The predicted octanol–water partition coefficient (Wildman–Crippen LogP) is 1.70. The van der Waals surface area contributed by atoms with Crippen molar-refractivity contribution in [2.24, 2.45) is 0 Å². The molecule has 1 aliphatic heterocycles. The Hall–Kier alpha value is -1.18. The maximum Gasteiger partial charge on any atom is 0.244 e. The second-order valence-electron chi connectivity index (χ2n) is 5.26. The smallest absolute Gasteiger partial charge is 0.244 e. The maximum absolute atomic E-state index is 12.6. The fourth-order valence-corrected chi connectivity index (χ4v) is 3.82. The van der Waals surface area contributed by atoms with Gasteiger partial charge in [-0.2, -0.15) is 4.31 Å². The Kier molecular flexibility index (Phi) is 5.18. The highest BCUT2D eigenvalue weighted by molar-refractivity contribution is 7.89. The Bertz CT molecular complexity index is 559. The van der Waals surface area contributed by atoms with Crippen molar-refractivity contribution in [3.05, 3.63) is 18.3 Å². The first-order chi connectivity index (χ1) is 9.96. The van der Waals surface area contributed by atoms with Crippen molar-refractivity contribution in [1.29, 1.82) is 0 Å². The van der Waals surface area contributed by atoms with Gasteiger partial charge in [0.15, 0.2) is 0 Å². The van der Waals surface area contributed by atoms with Crippen LogP contribution in [0.3, 0.4) is 0 Å². The Morgan fingerprint density at radius 2 is 2.24 bits per heavy atom. The summed E-state index contributed by atoms with van der Waals surface area (Å²) in [6.07, 6.45) is 3.04. The van der Waals surface area contributed by atoms with Crippen LogP contribution in [0.4, 0.5) is 5.82 Å². The molecule has 1 aliphatic rings. The fourth-order valence-electron chi connectivity index (χ4n) is 2.43. The number of likely N-dealkylation sites (N-methyl/N-ethyl adjacent to an activating group) is 1. The predicted molar refractivity (Wildman–Crippen MR) is 81.8 cm³/mol. The van der Waals surface area contributed by atoms with Gasteiger partial charge in [-0.25, -0.2) is 13.4 Å². The minimum atomic E-state index is -3.53. The molecule has 7 heteroatoms. The van der Waals surface area contributed by atoms with E-state index in [0.29, 0.717) is 12.4 Å². The van der Waals surface area contributed by atoms with E-state index in [9.17, 15) is 8.42 Å². The number of nitrogens with one attached hydrogen (secondary N) is 1. The molecule has 2 atom stereocenters. The van der Waals surface area contributed by atoms with Crippen molar-refractivity contribution in [3.63, 3.8) is 0 Å². The zero-order valence-corrected chi connectivity index (χ0v) is 13.6. The first-order valence-corrected chi connectivity index (χ1v) is 8.70. The van der Waals surface area contributed by atoms with Gasteiger partial charge in [-0.15, -0.1) is 0 Å². The second kappa shape index (κ2) is 6.72. The van der Waals surface area contributed by atoms with Gasteiger partial charge in [-0.05, 0) is 31.9 Å². The van der Waals surface area contributed by atoms with Gasteiger partial charge in [0.1, 0.15) is 10.7 Å². The highest BCUT2D eigenvalue weighted by atomic mass is 32.2. The number of aromatic nitrogens is 1. The summed E-state index contributed by atoms with van der Waals surface area (Å²) in [7, 11) is -1.92. The molecule has 1 fully saturated rings. The van der Waals surface area contributed by atoms with Crippen LogP contribution in [0.2, 0.25) is 0 Å². The molecule has 0 radical (unpaired) electrons. The first-order valence-electron chi connectivity index (χ1n) is 7.26. The molecule has 21 heavy (non-hydrogen) atoms. The third-order valence-corrected chi connectivity index (χ3v) is 5.64. The van der Waals surface area contributed by atoms with Crippen molar-refractivity contribution in [3.8, 4) is 0 Å². The Labute approximate surface area is 126 Å². The maximum atomic E-state index is 12.6.